The zero-order valence-electron chi connectivity index (χ0n) is 11.8. The molecular formula is C15H21N4S+. The van der Waals surface area contributed by atoms with Gasteiger partial charge in [-0.05, 0) is 37.2 Å². The molecule has 0 aliphatic carbocycles. The summed E-state index contributed by atoms with van der Waals surface area (Å²) >= 11 is 5.56. The molecule has 2 atom stereocenters. The van der Waals surface area contributed by atoms with E-state index in [0.29, 0.717) is 0 Å². The summed E-state index contributed by atoms with van der Waals surface area (Å²) < 4.78 is 4.71. The number of aromatic nitrogens is 3. The lowest BCUT2D eigenvalue weighted by Gasteiger charge is -2.27. The van der Waals surface area contributed by atoms with Crippen LogP contribution in [0.1, 0.15) is 19.8 Å². The molecule has 0 bridgehead atoms. The lowest BCUT2D eigenvalue weighted by atomic mass is 10.0. The van der Waals surface area contributed by atoms with E-state index in [2.05, 4.69) is 24.2 Å². The SMILES string of the molecule is C[C@@H]1CCC[NH+](Cn2ncn(-c3ccccc3)c2=S)C1. The Hall–Kier alpha value is -1.46. The number of likely N-dealkylation sites (tertiary alicyclic amines) is 1. The van der Waals surface area contributed by atoms with Crippen LogP contribution >= 0.6 is 12.2 Å². The van der Waals surface area contributed by atoms with Crippen molar-refractivity contribution >= 4 is 12.2 Å². The van der Waals surface area contributed by atoms with Crippen LogP contribution in [0.15, 0.2) is 36.7 Å². The number of benzene rings is 1. The summed E-state index contributed by atoms with van der Waals surface area (Å²) in [6.07, 6.45) is 4.49. The molecule has 0 radical (unpaired) electrons. The number of rotatable bonds is 3. The molecule has 1 aromatic heterocycles. The molecule has 1 aromatic carbocycles. The number of piperidine rings is 1. The minimum absolute atomic E-state index is 0.780. The summed E-state index contributed by atoms with van der Waals surface area (Å²) in [5.74, 6) is 0.809. The molecule has 1 fully saturated rings. The standard InChI is InChI=1S/C15H20N4S/c1-13-6-5-9-17(10-13)12-19-15(20)18(11-16-19)14-7-3-2-4-8-14/h2-4,7-8,11,13H,5-6,9-10,12H2,1H3/p+1/t13-/m1/s1. The maximum Gasteiger partial charge on any atom is 0.207 e. The Kier molecular flexibility index (Phi) is 3.98. The highest BCUT2D eigenvalue weighted by Gasteiger charge is 2.20. The van der Waals surface area contributed by atoms with Crippen molar-refractivity contribution in [1.29, 1.82) is 0 Å². The summed E-state index contributed by atoms with van der Waals surface area (Å²) in [5, 5.41) is 4.47. The molecule has 5 heteroatoms. The number of hydrogen-bond donors (Lipinski definition) is 1. The van der Waals surface area contributed by atoms with Crippen molar-refractivity contribution in [1.82, 2.24) is 14.3 Å². The molecule has 0 amide bonds. The Labute approximate surface area is 124 Å². The third-order valence-electron chi connectivity index (χ3n) is 4.01. The van der Waals surface area contributed by atoms with E-state index in [1.54, 1.807) is 4.90 Å². The Morgan fingerprint density at radius 2 is 2.15 bits per heavy atom. The van der Waals surface area contributed by atoms with Gasteiger partial charge in [0.1, 0.15) is 6.33 Å². The van der Waals surface area contributed by atoms with Crippen molar-refractivity contribution in [2.24, 2.45) is 5.92 Å². The van der Waals surface area contributed by atoms with Crippen molar-refractivity contribution < 1.29 is 4.90 Å². The average molecular weight is 289 g/mol. The van der Waals surface area contributed by atoms with Crippen LogP contribution in [-0.2, 0) is 6.67 Å². The lowest BCUT2D eigenvalue weighted by Crippen LogP contribution is -3.12. The summed E-state index contributed by atoms with van der Waals surface area (Å²) in [7, 11) is 0. The van der Waals surface area contributed by atoms with Crippen molar-refractivity contribution in [2.45, 2.75) is 26.4 Å². The van der Waals surface area contributed by atoms with E-state index in [1.165, 1.54) is 25.9 Å². The summed E-state index contributed by atoms with van der Waals surface area (Å²) in [4.78, 5) is 1.58. The van der Waals surface area contributed by atoms with E-state index >= 15 is 0 Å². The van der Waals surface area contributed by atoms with Gasteiger partial charge in [-0.2, -0.15) is 9.78 Å². The normalized spacial score (nSPS) is 22.9. The number of hydrogen-bond acceptors (Lipinski definition) is 2. The van der Waals surface area contributed by atoms with Gasteiger partial charge in [0.15, 0.2) is 6.67 Å². The van der Waals surface area contributed by atoms with Gasteiger partial charge in [0.05, 0.1) is 13.1 Å². The van der Waals surface area contributed by atoms with E-state index in [1.807, 2.05) is 33.8 Å². The molecule has 3 rings (SSSR count). The third kappa shape index (κ3) is 2.83. The highest BCUT2D eigenvalue weighted by molar-refractivity contribution is 7.71. The third-order valence-corrected chi connectivity index (χ3v) is 4.41. The first kappa shape index (κ1) is 13.5. The smallest absolute Gasteiger partial charge is 0.207 e. The molecule has 1 N–H and O–H groups in total. The van der Waals surface area contributed by atoms with Crippen LogP contribution in [0.2, 0.25) is 0 Å². The lowest BCUT2D eigenvalue weighted by molar-refractivity contribution is -0.931. The van der Waals surface area contributed by atoms with Crippen molar-refractivity contribution in [3.05, 3.63) is 41.4 Å². The van der Waals surface area contributed by atoms with Crippen molar-refractivity contribution in [3.8, 4) is 5.69 Å². The van der Waals surface area contributed by atoms with Crippen LogP contribution in [-0.4, -0.2) is 27.4 Å². The van der Waals surface area contributed by atoms with Gasteiger partial charge in [-0.1, -0.05) is 25.1 Å². The topological polar surface area (TPSA) is 27.2 Å². The fraction of sp³-hybridized carbons (Fsp3) is 0.467. The van der Waals surface area contributed by atoms with Gasteiger partial charge < -0.3 is 4.90 Å². The summed E-state index contributed by atoms with van der Waals surface area (Å²) in [6.45, 7) is 5.66. The molecule has 1 aliphatic rings. The van der Waals surface area contributed by atoms with Crippen LogP contribution in [0.4, 0.5) is 0 Å². The Morgan fingerprint density at radius 3 is 2.90 bits per heavy atom. The number of para-hydroxylation sites is 1. The van der Waals surface area contributed by atoms with Crippen molar-refractivity contribution in [2.75, 3.05) is 13.1 Å². The maximum absolute atomic E-state index is 5.56. The average Bonchev–Trinajstić information content (AvgIpc) is 2.81. The molecule has 4 nitrogen and oxygen atoms in total. The van der Waals surface area contributed by atoms with Crippen LogP contribution < -0.4 is 4.90 Å². The van der Waals surface area contributed by atoms with Crippen LogP contribution in [0.25, 0.3) is 5.69 Å². The molecule has 1 unspecified atom stereocenters. The van der Waals surface area contributed by atoms with Crippen molar-refractivity contribution in [3.63, 3.8) is 0 Å². The molecule has 2 aromatic rings. The summed E-state index contributed by atoms with van der Waals surface area (Å²) in [5.41, 5.74) is 1.07. The molecule has 1 saturated heterocycles. The fourth-order valence-corrected chi connectivity index (χ4v) is 3.23. The molecule has 1 aliphatic heterocycles. The van der Waals surface area contributed by atoms with Crippen LogP contribution in [0, 0.1) is 10.7 Å². The molecule has 0 spiro atoms. The Morgan fingerprint density at radius 1 is 1.35 bits per heavy atom. The predicted octanol–water partition coefficient (Wildman–Crippen LogP) is 1.68. The van der Waals surface area contributed by atoms with Gasteiger partial charge in [0, 0.05) is 11.6 Å². The minimum atomic E-state index is 0.780. The first-order valence-electron chi connectivity index (χ1n) is 7.27. The van der Waals surface area contributed by atoms with E-state index in [9.17, 15) is 0 Å². The molecular weight excluding hydrogens is 268 g/mol. The van der Waals surface area contributed by atoms with Gasteiger partial charge in [-0.25, -0.2) is 0 Å². The quantitative estimate of drug-likeness (QED) is 0.871. The Balaban J connectivity index is 1.79. The van der Waals surface area contributed by atoms with Gasteiger partial charge in [0.25, 0.3) is 0 Å². The van der Waals surface area contributed by atoms with Crippen LogP contribution in [0.5, 0.6) is 0 Å². The first-order chi connectivity index (χ1) is 9.74. The second-order valence-corrected chi connectivity index (χ2v) is 6.09. The predicted molar refractivity (Wildman–Crippen MR) is 81.5 cm³/mol. The van der Waals surface area contributed by atoms with Crippen LogP contribution in [0.3, 0.4) is 0 Å². The van der Waals surface area contributed by atoms with E-state index in [4.69, 9.17) is 12.2 Å². The summed E-state index contributed by atoms with van der Waals surface area (Å²) in [6, 6.07) is 10.2. The minimum Gasteiger partial charge on any atom is -0.316 e. The highest BCUT2D eigenvalue weighted by atomic mass is 32.1. The van der Waals surface area contributed by atoms with E-state index in [0.717, 1.165) is 23.0 Å². The Bertz CT molecular complexity index is 616. The highest BCUT2D eigenvalue weighted by Crippen LogP contribution is 2.08. The first-order valence-corrected chi connectivity index (χ1v) is 7.68. The van der Waals surface area contributed by atoms with E-state index in [-0.39, 0.29) is 0 Å². The van der Waals surface area contributed by atoms with Gasteiger partial charge in [0.2, 0.25) is 4.77 Å². The zero-order valence-corrected chi connectivity index (χ0v) is 12.6. The van der Waals surface area contributed by atoms with Gasteiger partial charge in [-0.15, -0.1) is 0 Å². The maximum atomic E-state index is 5.56. The number of nitrogens with zero attached hydrogens (tertiary/aromatic N) is 3. The second-order valence-electron chi connectivity index (χ2n) is 5.73. The van der Waals surface area contributed by atoms with Gasteiger partial charge in [-0.3, -0.25) is 4.57 Å². The second kappa shape index (κ2) is 5.89. The molecule has 106 valence electrons. The molecule has 2 heterocycles. The van der Waals surface area contributed by atoms with Gasteiger partial charge >= 0.3 is 0 Å². The van der Waals surface area contributed by atoms with E-state index < -0.39 is 0 Å². The number of nitrogens with one attached hydrogen (secondary N) is 1. The zero-order chi connectivity index (χ0) is 13.9. The monoisotopic (exact) mass is 289 g/mol. The molecule has 20 heavy (non-hydrogen) atoms. The largest absolute Gasteiger partial charge is 0.316 e. The molecule has 0 saturated carbocycles. The fourth-order valence-electron chi connectivity index (χ4n) is 2.96. The number of quaternary nitrogens is 1.